The number of nitrogens with zero attached hydrogens (tertiary/aromatic N) is 2. The second-order valence-corrected chi connectivity index (χ2v) is 10.4. The van der Waals surface area contributed by atoms with E-state index in [9.17, 15) is 27.6 Å². The fourth-order valence-corrected chi connectivity index (χ4v) is 4.92. The van der Waals surface area contributed by atoms with E-state index in [0.717, 1.165) is 42.1 Å². The number of hydrogen-bond donors (Lipinski definition) is 2. The summed E-state index contributed by atoms with van der Waals surface area (Å²) in [4.78, 5) is 36.0. The number of halogens is 3. The third-order valence-corrected chi connectivity index (χ3v) is 7.20. The zero-order chi connectivity index (χ0) is 29.6. The molecule has 8 nitrogen and oxygen atoms in total. The Labute approximate surface area is 236 Å². The second kappa shape index (κ2) is 13.0. The Morgan fingerprint density at radius 2 is 1.66 bits per heavy atom. The van der Waals surface area contributed by atoms with E-state index in [1.807, 2.05) is 31.2 Å². The van der Waals surface area contributed by atoms with E-state index in [4.69, 9.17) is 4.74 Å². The standard InChI is InChI=1S/C30H33F3N4O4/c1-19-3-13-25(14-4-19)37-17-26(28(36-37)30(31,32)33)29(40)34-16-15-27(39)35-24-11-9-23(10-12-24)22-7-5-21(6-8-22)18-41-20(2)38/h3-4,9-14,17,21-22H,5-8,15-16,18H2,1-2H3,(H,34,40)(H,35,39). The number of esters is 1. The lowest BCUT2D eigenvalue weighted by molar-refractivity contribution is -0.143. The maximum absolute atomic E-state index is 13.6. The van der Waals surface area contributed by atoms with Crippen LogP contribution in [0.3, 0.4) is 0 Å². The second-order valence-electron chi connectivity index (χ2n) is 10.4. The van der Waals surface area contributed by atoms with Crippen molar-refractivity contribution in [3.05, 3.63) is 77.1 Å². The molecule has 1 saturated carbocycles. The summed E-state index contributed by atoms with van der Waals surface area (Å²) in [7, 11) is 0. The summed E-state index contributed by atoms with van der Waals surface area (Å²) >= 11 is 0. The summed E-state index contributed by atoms with van der Waals surface area (Å²) in [6, 6.07) is 14.3. The van der Waals surface area contributed by atoms with Crippen molar-refractivity contribution in [2.75, 3.05) is 18.5 Å². The predicted molar refractivity (Wildman–Crippen MR) is 147 cm³/mol. The summed E-state index contributed by atoms with van der Waals surface area (Å²) < 4.78 is 46.9. The minimum atomic E-state index is -4.82. The van der Waals surface area contributed by atoms with Crippen molar-refractivity contribution in [1.82, 2.24) is 15.1 Å². The highest BCUT2D eigenvalue weighted by molar-refractivity contribution is 5.96. The third kappa shape index (κ3) is 8.18. The number of aryl methyl sites for hydroxylation is 1. The molecule has 1 fully saturated rings. The van der Waals surface area contributed by atoms with Gasteiger partial charge in [0.15, 0.2) is 5.69 Å². The van der Waals surface area contributed by atoms with Crippen molar-refractivity contribution in [2.24, 2.45) is 5.92 Å². The molecule has 0 atom stereocenters. The monoisotopic (exact) mass is 570 g/mol. The first-order chi connectivity index (χ1) is 19.5. The van der Waals surface area contributed by atoms with Crippen LogP contribution < -0.4 is 10.6 Å². The topological polar surface area (TPSA) is 102 Å². The molecule has 1 heterocycles. The number of benzene rings is 2. The van der Waals surface area contributed by atoms with Gasteiger partial charge in [-0.15, -0.1) is 0 Å². The number of amides is 2. The number of anilines is 1. The molecule has 1 aliphatic rings. The molecule has 0 spiro atoms. The zero-order valence-electron chi connectivity index (χ0n) is 23.0. The lowest BCUT2D eigenvalue weighted by atomic mass is 9.79. The Morgan fingerprint density at radius 1 is 1.00 bits per heavy atom. The number of carbonyl (C=O) groups excluding carboxylic acids is 3. The maximum Gasteiger partial charge on any atom is 0.435 e. The molecule has 0 aliphatic heterocycles. The molecule has 1 aromatic heterocycles. The lowest BCUT2D eigenvalue weighted by Crippen LogP contribution is -2.29. The minimum Gasteiger partial charge on any atom is -0.466 e. The van der Waals surface area contributed by atoms with Gasteiger partial charge in [0, 0.05) is 31.8 Å². The van der Waals surface area contributed by atoms with Crippen molar-refractivity contribution < 1.29 is 32.3 Å². The molecular formula is C30H33F3N4O4. The molecule has 0 bridgehead atoms. The Morgan fingerprint density at radius 3 is 2.27 bits per heavy atom. The average Bonchev–Trinajstić information content (AvgIpc) is 3.40. The number of nitrogens with one attached hydrogen (secondary N) is 2. The first-order valence-corrected chi connectivity index (χ1v) is 13.5. The summed E-state index contributed by atoms with van der Waals surface area (Å²) in [5.74, 6) is -0.807. The van der Waals surface area contributed by atoms with E-state index >= 15 is 0 Å². The van der Waals surface area contributed by atoms with Gasteiger partial charge in [0.2, 0.25) is 5.91 Å². The van der Waals surface area contributed by atoms with E-state index in [2.05, 4.69) is 15.7 Å². The van der Waals surface area contributed by atoms with Crippen LogP contribution in [0.4, 0.5) is 18.9 Å². The van der Waals surface area contributed by atoms with Crippen LogP contribution in [0.25, 0.3) is 5.69 Å². The highest BCUT2D eigenvalue weighted by Crippen LogP contribution is 2.36. The van der Waals surface area contributed by atoms with Crippen molar-refractivity contribution in [2.45, 2.75) is 58.0 Å². The molecule has 0 radical (unpaired) electrons. The summed E-state index contributed by atoms with van der Waals surface area (Å²) in [6.07, 6.45) is 0.0624. The van der Waals surface area contributed by atoms with Gasteiger partial charge in [-0.2, -0.15) is 18.3 Å². The van der Waals surface area contributed by atoms with Crippen LogP contribution in [0, 0.1) is 12.8 Å². The molecule has 2 amide bonds. The molecule has 41 heavy (non-hydrogen) atoms. The molecule has 11 heteroatoms. The normalized spacial score (nSPS) is 17.1. The zero-order valence-corrected chi connectivity index (χ0v) is 23.0. The van der Waals surface area contributed by atoms with Gasteiger partial charge >= 0.3 is 12.1 Å². The van der Waals surface area contributed by atoms with Crippen LogP contribution in [-0.2, 0) is 20.5 Å². The van der Waals surface area contributed by atoms with Crippen LogP contribution >= 0.6 is 0 Å². The average molecular weight is 571 g/mol. The van der Waals surface area contributed by atoms with Gasteiger partial charge in [-0.1, -0.05) is 29.8 Å². The molecular weight excluding hydrogens is 537 g/mol. The van der Waals surface area contributed by atoms with E-state index in [-0.39, 0.29) is 24.8 Å². The lowest BCUT2D eigenvalue weighted by Gasteiger charge is -2.28. The number of hydrogen-bond acceptors (Lipinski definition) is 5. The number of rotatable bonds is 9. The van der Waals surface area contributed by atoms with Crippen molar-refractivity contribution in [3.63, 3.8) is 0 Å². The van der Waals surface area contributed by atoms with Gasteiger partial charge in [-0.25, -0.2) is 4.68 Å². The number of carbonyl (C=O) groups is 3. The van der Waals surface area contributed by atoms with Crippen LogP contribution in [0.1, 0.15) is 72.1 Å². The highest BCUT2D eigenvalue weighted by Gasteiger charge is 2.39. The molecule has 1 aliphatic carbocycles. The van der Waals surface area contributed by atoms with Crippen LogP contribution in [0.5, 0.6) is 0 Å². The largest absolute Gasteiger partial charge is 0.466 e. The van der Waals surface area contributed by atoms with Gasteiger partial charge in [0.25, 0.3) is 5.91 Å². The summed E-state index contributed by atoms with van der Waals surface area (Å²) in [5.41, 5.74) is 1.17. The fourth-order valence-electron chi connectivity index (χ4n) is 4.92. The van der Waals surface area contributed by atoms with E-state index < -0.39 is 23.3 Å². The number of ether oxygens (including phenoxy) is 1. The third-order valence-electron chi connectivity index (χ3n) is 7.20. The molecule has 4 rings (SSSR count). The predicted octanol–water partition coefficient (Wildman–Crippen LogP) is 5.80. The van der Waals surface area contributed by atoms with E-state index in [1.54, 1.807) is 24.3 Å². The first-order valence-electron chi connectivity index (χ1n) is 13.5. The Bertz CT molecular complexity index is 1360. The quantitative estimate of drug-likeness (QED) is 0.317. The summed E-state index contributed by atoms with van der Waals surface area (Å²) in [5, 5.41) is 8.74. The molecule has 0 saturated heterocycles. The van der Waals surface area contributed by atoms with Crippen LogP contribution in [0.2, 0.25) is 0 Å². The molecule has 0 unspecified atom stereocenters. The van der Waals surface area contributed by atoms with Crippen molar-refractivity contribution in [1.29, 1.82) is 0 Å². The van der Waals surface area contributed by atoms with Crippen molar-refractivity contribution in [3.8, 4) is 5.69 Å². The SMILES string of the molecule is CC(=O)OCC1CCC(c2ccc(NC(=O)CCNC(=O)c3cn(-c4ccc(C)cc4)nc3C(F)(F)F)cc2)CC1. The highest BCUT2D eigenvalue weighted by atomic mass is 19.4. The summed E-state index contributed by atoms with van der Waals surface area (Å²) in [6.45, 7) is 3.58. The van der Waals surface area contributed by atoms with Gasteiger partial charge in [-0.3, -0.25) is 14.4 Å². The molecule has 2 N–H and O–H groups in total. The first kappa shape index (κ1) is 29.8. The van der Waals surface area contributed by atoms with Gasteiger partial charge < -0.3 is 15.4 Å². The molecule has 3 aromatic rings. The van der Waals surface area contributed by atoms with Crippen LogP contribution in [-0.4, -0.2) is 40.7 Å². The van der Waals surface area contributed by atoms with E-state index in [1.165, 1.54) is 12.5 Å². The Hall–Kier alpha value is -4.15. The number of alkyl halides is 3. The van der Waals surface area contributed by atoms with Gasteiger partial charge in [0.05, 0.1) is 17.9 Å². The number of aromatic nitrogens is 2. The van der Waals surface area contributed by atoms with Crippen LogP contribution in [0.15, 0.2) is 54.7 Å². The van der Waals surface area contributed by atoms with Crippen molar-refractivity contribution >= 4 is 23.5 Å². The van der Waals surface area contributed by atoms with E-state index in [0.29, 0.717) is 29.8 Å². The molecule has 218 valence electrons. The fraction of sp³-hybridized carbons (Fsp3) is 0.400. The minimum absolute atomic E-state index is 0.118. The maximum atomic E-state index is 13.6. The Balaban J connectivity index is 1.27. The van der Waals surface area contributed by atoms with Gasteiger partial charge in [-0.05, 0) is 74.3 Å². The smallest absolute Gasteiger partial charge is 0.435 e. The molecule has 2 aromatic carbocycles. The Kier molecular flexibility index (Phi) is 9.46. The van der Waals surface area contributed by atoms with Gasteiger partial charge in [0.1, 0.15) is 0 Å².